The molecule has 4 aromatic carbocycles. The van der Waals surface area contributed by atoms with Gasteiger partial charge in [-0.1, -0.05) is 121 Å². The topological polar surface area (TPSA) is 3.24 Å². The summed E-state index contributed by atoms with van der Waals surface area (Å²) < 4.78 is 1.09. The van der Waals surface area contributed by atoms with E-state index in [1.807, 2.05) is 13.8 Å². The maximum Gasteiger partial charge on any atom is 0.0458 e. The summed E-state index contributed by atoms with van der Waals surface area (Å²) in [5.41, 5.74) is 11.0. The Morgan fingerprint density at radius 3 is 2.05 bits per heavy atom. The lowest BCUT2D eigenvalue weighted by atomic mass is 9.92. The van der Waals surface area contributed by atoms with Crippen LogP contribution < -0.4 is 4.90 Å². The molecule has 1 nitrogen and oxygen atoms in total. The maximum absolute atomic E-state index is 4.30. The molecule has 2 aliphatic rings. The Morgan fingerprint density at radius 2 is 1.37 bits per heavy atom. The molecule has 1 aliphatic carbocycles. The van der Waals surface area contributed by atoms with Crippen LogP contribution in [0.15, 0.2) is 154 Å². The second-order valence-electron chi connectivity index (χ2n) is 9.62. The molecule has 0 aromatic heterocycles. The summed E-state index contributed by atoms with van der Waals surface area (Å²) >= 11 is 5.28. The highest BCUT2D eigenvalue weighted by molar-refractivity contribution is 9.10. The Labute approximate surface area is 257 Å². The van der Waals surface area contributed by atoms with Gasteiger partial charge in [-0.2, -0.15) is 0 Å². The summed E-state index contributed by atoms with van der Waals surface area (Å²) in [6.07, 6.45) is 12.7. The van der Waals surface area contributed by atoms with Crippen LogP contribution >= 0.6 is 27.7 Å². The zero-order valence-corrected chi connectivity index (χ0v) is 26.0. The number of thioether (sulfide) groups is 1. The summed E-state index contributed by atoms with van der Waals surface area (Å²) in [6, 6.07) is 34.8. The molecule has 0 radical (unpaired) electrons. The van der Waals surface area contributed by atoms with Crippen molar-refractivity contribution in [2.45, 2.75) is 31.6 Å². The van der Waals surface area contributed by atoms with Crippen molar-refractivity contribution in [3.05, 3.63) is 161 Å². The predicted molar refractivity (Wildman–Crippen MR) is 184 cm³/mol. The minimum atomic E-state index is 0.963. The molecule has 1 heterocycles. The Kier molecular flexibility index (Phi) is 9.61. The van der Waals surface area contributed by atoms with E-state index in [9.17, 15) is 0 Å². The van der Waals surface area contributed by atoms with E-state index in [0.29, 0.717) is 0 Å². The molecular weight excluding hydrogens is 582 g/mol. The minimum Gasteiger partial charge on any atom is -0.314 e. The molecule has 4 aromatic rings. The summed E-state index contributed by atoms with van der Waals surface area (Å²) in [5.74, 6) is 0. The van der Waals surface area contributed by atoms with Gasteiger partial charge in [-0.15, -0.1) is 0 Å². The molecule has 204 valence electrons. The first-order valence-corrected chi connectivity index (χ1v) is 15.8. The minimum absolute atomic E-state index is 0.963. The number of halogens is 1. The van der Waals surface area contributed by atoms with Crippen LogP contribution in [0.25, 0.3) is 22.3 Å². The Hall–Kier alpha value is -3.79. The van der Waals surface area contributed by atoms with E-state index in [1.54, 1.807) is 11.8 Å². The van der Waals surface area contributed by atoms with E-state index in [-0.39, 0.29) is 0 Å². The number of hydrogen-bond acceptors (Lipinski definition) is 2. The fourth-order valence-electron chi connectivity index (χ4n) is 5.06. The molecule has 0 amide bonds. The first kappa shape index (κ1) is 28.7. The third-order valence-electron chi connectivity index (χ3n) is 7.11. The maximum atomic E-state index is 4.30. The predicted octanol–water partition coefficient (Wildman–Crippen LogP) is 12.2. The molecule has 0 saturated heterocycles. The Morgan fingerprint density at radius 1 is 0.707 bits per heavy atom. The third kappa shape index (κ3) is 6.75. The van der Waals surface area contributed by atoms with Gasteiger partial charge in [0.15, 0.2) is 0 Å². The van der Waals surface area contributed by atoms with Gasteiger partial charge >= 0.3 is 0 Å². The molecule has 0 atom stereocenters. The van der Waals surface area contributed by atoms with Crippen LogP contribution in [-0.4, -0.2) is 0 Å². The van der Waals surface area contributed by atoms with Gasteiger partial charge in [-0.25, -0.2) is 0 Å². The second kappa shape index (κ2) is 13.7. The third-order valence-corrected chi connectivity index (χ3v) is 8.54. The van der Waals surface area contributed by atoms with Crippen LogP contribution in [0, 0.1) is 0 Å². The highest BCUT2D eigenvalue weighted by Crippen LogP contribution is 2.39. The van der Waals surface area contributed by atoms with E-state index < -0.39 is 0 Å². The van der Waals surface area contributed by atoms with E-state index in [2.05, 4.69) is 160 Å². The number of anilines is 2. The van der Waals surface area contributed by atoms with Gasteiger partial charge in [-0.3, -0.25) is 0 Å². The first-order chi connectivity index (χ1) is 20.2. The second-order valence-corrected chi connectivity index (χ2v) is 11.5. The summed E-state index contributed by atoms with van der Waals surface area (Å²) in [7, 11) is 0. The highest BCUT2D eigenvalue weighted by atomic mass is 79.9. The monoisotopic (exact) mass is 615 g/mol. The molecule has 1 aliphatic heterocycles. The van der Waals surface area contributed by atoms with Gasteiger partial charge in [0.05, 0.1) is 0 Å². The van der Waals surface area contributed by atoms with Crippen LogP contribution in [0.4, 0.5) is 11.4 Å². The fourth-order valence-corrected chi connectivity index (χ4v) is 6.10. The molecule has 3 heteroatoms. The van der Waals surface area contributed by atoms with Crippen LogP contribution in [0.2, 0.25) is 0 Å². The molecule has 41 heavy (non-hydrogen) atoms. The number of fused-ring (bicyclic) bond motifs is 1. The van der Waals surface area contributed by atoms with Crippen molar-refractivity contribution >= 4 is 50.2 Å². The van der Waals surface area contributed by atoms with Crippen LogP contribution in [0.3, 0.4) is 0 Å². The van der Waals surface area contributed by atoms with Crippen LogP contribution in [-0.2, 0) is 0 Å². The molecule has 0 saturated carbocycles. The van der Waals surface area contributed by atoms with Crippen molar-refractivity contribution in [3.63, 3.8) is 0 Å². The summed E-state index contributed by atoms with van der Waals surface area (Å²) in [4.78, 5) is 3.63. The lowest BCUT2D eigenvalue weighted by Crippen LogP contribution is -2.17. The number of nitrogens with zero attached hydrogens (tertiary/aromatic N) is 1. The van der Waals surface area contributed by atoms with Crippen LogP contribution in [0.1, 0.15) is 37.8 Å². The van der Waals surface area contributed by atoms with Gasteiger partial charge in [0.1, 0.15) is 0 Å². The van der Waals surface area contributed by atoms with Gasteiger partial charge < -0.3 is 4.90 Å². The quantitative estimate of drug-likeness (QED) is 0.219. The van der Waals surface area contributed by atoms with Crippen molar-refractivity contribution in [2.24, 2.45) is 0 Å². The smallest absolute Gasteiger partial charge is 0.0458 e. The van der Waals surface area contributed by atoms with Crippen molar-refractivity contribution in [3.8, 4) is 11.1 Å². The Bertz CT molecular complexity index is 1620. The van der Waals surface area contributed by atoms with Crippen molar-refractivity contribution in [1.82, 2.24) is 0 Å². The van der Waals surface area contributed by atoms with Gasteiger partial charge in [0, 0.05) is 26.4 Å². The average molecular weight is 617 g/mol. The number of hydrogen-bond donors (Lipinski definition) is 0. The van der Waals surface area contributed by atoms with Gasteiger partial charge in [-0.05, 0) is 106 Å². The van der Waals surface area contributed by atoms with Crippen molar-refractivity contribution in [1.29, 1.82) is 0 Å². The molecule has 0 N–H and O–H groups in total. The lowest BCUT2D eigenvalue weighted by molar-refractivity contribution is 0.929. The number of benzene rings is 4. The number of rotatable bonds is 5. The molecule has 6 rings (SSSR count). The van der Waals surface area contributed by atoms with E-state index in [4.69, 9.17) is 0 Å². The first-order valence-electron chi connectivity index (χ1n) is 14.1. The fraction of sp³-hybridized carbons (Fsp3) is 0.105. The molecule has 0 fully saturated rings. The molecule has 0 bridgehead atoms. The number of allylic oxidation sites excluding steroid dienone is 8. The van der Waals surface area contributed by atoms with Gasteiger partial charge in [0.25, 0.3) is 0 Å². The summed E-state index contributed by atoms with van der Waals surface area (Å²) in [6.45, 7) is 8.30. The molecular formula is C38H34BrNS. The Balaban J connectivity index is 0.00000165. The SMILES string of the molecule is C=C1/C=C\C=C/Sc2ccc(C3=CC=C(N(c4ccccc4)c4ccc(-c5ccc(Br)cc5)cc4)CC3)cc21.CC. The summed E-state index contributed by atoms with van der Waals surface area (Å²) in [5, 5.41) is 2.12. The van der Waals surface area contributed by atoms with Gasteiger partial charge in [0.2, 0.25) is 0 Å². The van der Waals surface area contributed by atoms with E-state index in [0.717, 1.165) is 22.9 Å². The highest BCUT2D eigenvalue weighted by Gasteiger charge is 2.19. The lowest BCUT2D eigenvalue weighted by Gasteiger charge is -2.30. The molecule has 0 unspecified atom stereocenters. The number of para-hydroxylation sites is 1. The van der Waals surface area contributed by atoms with Crippen molar-refractivity contribution in [2.75, 3.05) is 4.90 Å². The zero-order valence-electron chi connectivity index (χ0n) is 23.6. The largest absolute Gasteiger partial charge is 0.314 e. The van der Waals surface area contributed by atoms with E-state index in [1.165, 1.54) is 49.8 Å². The normalized spacial score (nSPS) is 15.6. The average Bonchev–Trinajstić information content (AvgIpc) is 3.03. The van der Waals surface area contributed by atoms with Crippen LogP contribution in [0.5, 0.6) is 0 Å². The zero-order chi connectivity index (χ0) is 28.6. The van der Waals surface area contributed by atoms with Crippen molar-refractivity contribution < 1.29 is 0 Å². The standard InChI is InChI=1S/C36H28BrNS.C2H6/c1-26-7-5-6-24-39-36-23-16-30(25-35(26)36)29-14-21-34(22-15-29)38(32-8-3-2-4-9-32)33-19-12-28(13-20-33)27-10-17-31(37)18-11-27;1-2/h2-14,16-21,23-25H,1,15,22H2;1-2H3/b7-5-,24-6-;. The molecule has 0 spiro atoms. The van der Waals surface area contributed by atoms with E-state index >= 15 is 0 Å².